The summed E-state index contributed by atoms with van der Waals surface area (Å²) >= 11 is 5.83. The fraction of sp³-hybridized carbons (Fsp3) is 0.308. The van der Waals surface area contributed by atoms with Gasteiger partial charge in [-0.05, 0) is 13.8 Å². The number of anilines is 1. The fourth-order valence-electron chi connectivity index (χ4n) is 1.59. The van der Waals surface area contributed by atoms with Crippen LogP contribution < -0.4 is 10.1 Å². The Morgan fingerprint density at radius 3 is 2.84 bits per heavy atom. The molecule has 0 fully saturated rings. The molecule has 100 valence electrons. The lowest BCUT2D eigenvalue weighted by Gasteiger charge is -2.08. The second kappa shape index (κ2) is 6.33. The summed E-state index contributed by atoms with van der Waals surface area (Å²) in [7, 11) is 0. The van der Waals surface area contributed by atoms with E-state index in [1.54, 1.807) is 18.5 Å². The van der Waals surface area contributed by atoms with Crippen LogP contribution in [0.3, 0.4) is 0 Å². The van der Waals surface area contributed by atoms with Crippen molar-refractivity contribution in [2.45, 2.75) is 20.5 Å². The molecule has 0 bridgehead atoms. The van der Waals surface area contributed by atoms with Crippen LogP contribution in [0.5, 0.6) is 5.75 Å². The third kappa shape index (κ3) is 4.06. The number of aryl methyl sites for hydroxylation is 1. The molecule has 2 heterocycles. The average molecular weight is 279 g/mol. The van der Waals surface area contributed by atoms with E-state index in [4.69, 9.17) is 16.3 Å². The van der Waals surface area contributed by atoms with E-state index < -0.39 is 0 Å². The predicted octanol–water partition coefficient (Wildman–Crippen LogP) is 2.84. The first-order valence-electron chi connectivity index (χ1n) is 5.99. The van der Waals surface area contributed by atoms with Crippen molar-refractivity contribution in [2.24, 2.45) is 0 Å². The number of ether oxygens (including phenoxy) is 1. The molecule has 5 nitrogen and oxygen atoms in total. The van der Waals surface area contributed by atoms with Crippen LogP contribution in [-0.2, 0) is 6.61 Å². The zero-order chi connectivity index (χ0) is 13.7. The lowest BCUT2D eigenvalue weighted by atomic mass is 10.4. The van der Waals surface area contributed by atoms with Crippen molar-refractivity contribution in [3.8, 4) is 5.75 Å². The summed E-state index contributed by atoms with van der Waals surface area (Å²) in [5.41, 5.74) is 0.897. The summed E-state index contributed by atoms with van der Waals surface area (Å²) < 4.78 is 5.56. The molecule has 0 aromatic carbocycles. The number of halogens is 1. The van der Waals surface area contributed by atoms with Gasteiger partial charge in [0.05, 0.1) is 11.2 Å². The van der Waals surface area contributed by atoms with Crippen molar-refractivity contribution in [3.63, 3.8) is 0 Å². The lowest BCUT2D eigenvalue weighted by Crippen LogP contribution is -2.07. The Bertz CT molecular complexity index is 562. The van der Waals surface area contributed by atoms with Crippen molar-refractivity contribution in [1.82, 2.24) is 15.0 Å². The molecule has 0 radical (unpaired) electrons. The minimum absolute atomic E-state index is 0.280. The van der Waals surface area contributed by atoms with Gasteiger partial charge in [0.15, 0.2) is 5.82 Å². The molecule has 0 saturated carbocycles. The number of nitrogens with zero attached hydrogens (tertiary/aromatic N) is 3. The van der Waals surface area contributed by atoms with Gasteiger partial charge in [-0.1, -0.05) is 11.6 Å². The Balaban J connectivity index is 2.06. The van der Waals surface area contributed by atoms with E-state index in [9.17, 15) is 0 Å². The number of hydrogen-bond donors (Lipinski definition) is 1. The Kier molecular flexibility index (Phi) is 4.52. The van der Waals surface area contributed by atoms with Crippen LogP contribution in [0.1, 0.15) is 18.4 Å². The maximum atomic E-state index is 5.83. The summed E-state index contributed by atoms with van der Waals surface area (Å²) in [6.07, 6.45) is 3.16. The maximum absolute atomic E-state index is 5.83. The van der Waals surface area contributed by atoms with Gasteiger partial charge in [-0.15, -0.1) is 0 Å². The third-order valence-electron chi connectivity index (χ3n) is 2.31. The van der Waals surface area contributed by atoms with Gasteiger partial charge in [-0.25, -0.2) is 9.97 Å². The first kappa shape index (κ1) is 13.5. The molecule has 1 N–H and O–H groups in total. The minimum atomic E-state index is 0.280. The van der Waals surface area contributed by atoms with E-state index in [0.29, 0.717) is 16.6 Å². The van der Waals surface area contributed by atoms with E-state index in [0.717, 1.165) is 18.1 Å². The third-order valence-corrected chi connectivity index (χ3v) is 2.51. The predicted molar refractivity (Wildman–Crippen MR) is 74.5 cm³/mol. The molecule has 0 aliphatic heterocycles. The number of nitrogens with one attached hydrogen (secondary N) is 1. The molecule has 0 unspecified atom stereocenters. The van der Waals surface area contributed by atoms with Crippen LogP contribution in [0.15, 0.2) is 24.5 Å². The minimum Gasteiger partial charge on any atom is -0.484 e. The van der Waals surface area contributed by atoms with Crippen molar-refractivity contribution >= 4 is 17.4 Å². The van der Waals surface area contributed by atoms with Crippen molar-refractivity contribution in [2.75, 3.05) is 11.9 Å². The molecule has 0 amide bonds. The number of hydrogen-bond acceptors (Lipinski definition) is 5. The van der Waals surface area contributed by atoms with Crippen LogP contribution in [0.25, 0.3) is 0 Å². The highest BCUT2D eigenvalue weighted by Crippen LogP contribution is 2.16. The molecular formula is C13H15ClN4O. The Hall–Kier alpha value is -1.88. The summed E-state index contributed by atoms with van der Waals surface area (Å²) in [6.45, 7) is 5.04. The van der Waals surface area contributed by atoms with Gasteiger partial charge >= 0.3 is 0 Å². The van der Waals surface area contributed by atoms with Gasteiger partial charge in [-0.2, -0.15) is 0 Å². The van der Waals surface area contributed by atoms with Crippen LogP contribution in [-0.4, -0.2) is 21.5 Å². The SMILES string of the molecule is CCNc1cc(C)nc(COc2cncc(Cl)c2)n1. The van der Waals surface area contributed by atoms with E-state index in [1.165, 1.54) is 0 Å². The molecule has 2 aromatic rings. The molecule has 2 aromatic heterocycles. The largest absolute Gasteiger partial charge is 0.484 e. The molecule has 0 spiro atoms. The summed E-state index contributed by atoms with van der Waals surface area (Å²) in [5, 5.41) is 3.69. The molecule has 0 saturated heterocycles. The summed E-state index contributed by atoms with van der Waals surface area (Å²) in [5.74, 6) is 2.02. The molecule has 19 heavy (non-hydrogen) atoms. The number of rotatable bonds is 5. The van der Waals surface area contributed by atoms with E-state index in [-0.39, 0.29) is 6.61 Å². The standard InChI is InChI=1S/C13H15ClN4O/c1-3-16-12-4-9(2)17-13(18-12)8-19-11-5-10(14)6-15-7-11/h4-7H,3,8H2,1-2H3,(H,16,17,18). The van der Waals surface area contributed by atoms with Crippen molar-refractivity contribution < 1.29 is 4.74 Å². The Morgan fingerprint density at radius 1 is 1.26 bits per heavy atom. The van der Waals surface area contributed by atoms with Crippen molar-refractivity contribution in [3.05, 3.63) is 41.1 Å². The van der Waals surface area contributed by atoms with Crippen LogP contribution in [0.2, 0.25) is 5.02 Å². The van der Waals surface area contributed by atoms with Crippen LogP contribution >= 0.6 is 11.6 Å². The molecule has 6 heteroatoms. The monoisotopic (exact) mass is 278 g/mol. The van der Waals surface area contributed by atoms with Gasteiger partial charge < -0.3 is 10.1 Å². The highest BCUT2D eigenvalue weighted by Gasteiger charge is 2.03. The summed E-state index contributed by atoms with van der Waals surface area (Å²) in [6, 6.07) is 3.60. The molecule has 0 aliphatic rings. The smallest absolute Gasteiger partial charge is 0.168 e. The van der Waals surface area contributed by atoms with Crippen LogP contribution in [0, 0.1) is 6.92 Å². The van der Waals surface area contributed by atoms with Gasteiger partial charge in [0.2, 0.25) is 0 Å². The second-order valence-electron chi connectivity index (χ2n) is 3.97. The second-order valence-corrected chi connectivity index (χ2v) is 4.41. The van der Waals surface area contributed by atoms with E-state index in [2.05, 4.69) is 20.3 Å². The first-order valence-corrected chi connectivity index (χ1v) is 6.37. The molecule has 0 aliphatic carbocycles. The molecular weight excluding hydrogens is 264 g/mol. The van der Waals surface area contributed by atoms with E-state index >= 15 is 0 Å². The molecule has 0 atom stereocenters. The lowest BCUT2D eigenvalue weighted by molar-refractivity contribution is 0.294. The first-order chi connectivity index (χ1) is 9.17. The van der Waals surface area contributed by atoms with Gasteiger partial charge in [0.1, 0.15) is 18.2 Å². The highest BCUT2D eigenvalue weighted by molar-refractivity contribution is 6.30. The zero-order valence-electron chi connectivity index (χ0n) is 10.9. The molecule has 2 rings (SSSR count). The zero-order valence-corrected chi connectivity index (χ0v) is 11.6. The van der Waals surface area contributed by atoms with Crippen molar-refractivity contribution in [1.29, 1.82) is 0 Å². The maximum Gasteiger partial charge on any atom is 0.168 e. The topological polar surface area (TPSA) is 59.9 Å². The van der Waals surface area contributed by atoms with Gasteiger partial charge in [0, 0.05) is 30.6 Å². The fourth-order valence-corrected chi connectivity index (χ4v) is 1.75. The number of aromatic nitrogens is 3. The highest BCUT2D eigenvalue weighted by atomic mass is 35.5. The Labute approximate surface area is 117 Å². The normalized spacial score (nSPS) is 10.3. The summed E-state index contributed by atoms with van der Waals surface area (Å²) in [4.78, 5) is 12.6. The van der Waals surface area contributed by atoms with Gasteiger partial charge in [0.25, 0.3) is 0 Å². The quantitative estimate of drug-likeness (QED) is 0.911. The number of pyridine rings is 1. The van der Waals surface area contributed by atoms with Crippen LogP contribution in [0.4, 0.5) is 5.82 Å². The van der Waals surface area contributed by atoms with E-state index in [1.807, 2.05) is 19.9 Å². The Morgan fingerprint density at radius 2 is 2.11 bits per heavy atom. The van der Waals surface area contributed by atoms with Gasteiger partial charge in [-0.3, -0.25) is 4.98 Å². The average Bonchev–Trinajstić information content (AvgIpc) is 2.36.